The highest BCUT2D eigenvalue weighted by Crippen LogP contribution is 2.39. The van der Waals surface area contributed by atoms with E-state index in [-0.39, 0.29) is 60.9 Å². The number of carbonyl (C=O) groups is 4. The van der Waals surface area contributed by atoms with E-state index in [1.165, 1.54) is 21.9 Å². The van der Waals surface area contributed by atoms with E-state index in [0.717, 1.165) is 18.4 Å². The topological polar surface area (TPSA) is 86.8 Å². The molecule has 1 N–H and O–H groups in total. The second-order valence-corrected chi connectivity index (χ2v) is 9.58. The summed E-state index contributed by atoms with van der Waals surface area (Å²) < 4.78 is 13.1. The van der Waals surface area contributed by atoms with E-state index in [2.05, 4.69) is 5.32 Å². The second-order valence-electron chi connectivity index (χ2n) is 8.60. The van der Waals surface area contributed by atoms with Gasteiger partial charge in [-0.3, -0.25) is 24.1 Å². The number of fused-ring (bicyclic) bond motifs is 1. The zero-order valence-electron chi connectivity index (χ0n) is 19.2. The normalized spacial score (nSPS) is 21.0. The first-order valence-electron chi connectivity index (χ1n) is 11.5. The summed E-state index contributed by atoms with van der Waals surface area (Å²) in [6.45, 7) is 2.09. The molecule has 9 heteroatoms. The van der Waals surface area contributed by atoms with Gasteiger partial charge in [-0.1, -0.05) is 25.0 Å². The zero-order valence-corrected chi connectivity index (χ0v) is 20.0. The van der Waals surface area contributed by atoms with Crippen LogP contribution in [0.4, 0.5) is 4.39 Å². The highest BCUT2D eigenvalue weighted by Gasteiger charge is 2.52. The number of carbonyl (C=O) groups excluding carboxylic acids is 4. The summed E-state index contributed by atoms with van der Waals surface area (Å²) >= 11 is 1.55. The molecule has 2 aliphatic rings. The predicted octanol–water partition coefficient (Wildman–Crippen LogP) is 2.59. The van der Waals surface area contributed by atoms with Crippen LogP contribution in [0.5, 0.6) is 0 Å². The third-order valence-electron chi connectivity index (χ3n) is 6.50. The Hall–Kier alpha value is -2.42. The lowest BCUT2D eigenvalue weighted by atomic mass is 9.81. The van der Waals surface area contributed by atoms with Crippen molar-refractivity contribution >= 4 is 35.4 Å². The molecule has 180 valence electrons. The monoisotopic (exact) mass is 477 g/mol. The SMILES string of the molecule is CCN(CC(=O)NCc1ccc(F)cc1)C(=O)C(CCSC)N1C(=O)C2CCCCC2C1=O. The van der Waals surface area contributed by atoms with E-state index in [9.17, 15) is 23.6 Å². The average Bonchev–Trinajstić information content (AvgIpc) is 3.07. The van der Waals surface area contributed by atoms with Crippen molar-refractivity contribution in [1.82, 2.24) is 15.1 Å². The first-order valence-corrected chi connectivity index (χ1v) is 12.9. The van der Waals surface area contributed by atoms with E-state index in [1.807, 2.05) is 6.26 Å². The number of amides is 4. The number of halogens is 1. The van der Waals surface area contributed by atoms with Gasteiger partial charge in [0.2, 0.25) is 23.6 Å². The molecule has 7 nitrogen and oxygen atoms in total. The zero-order chi connectivity index (χ0) is 24.0. The molecule has 1 heterocycles. The van der Waals surface area contributed by atoms with Crippen molar-refractivity contribution in [3.8, 4) is 0 Å². The van der Waals surface area contributed by atoms with Gasteiger partial charge in [0, 0.05) is 13.1 Å². The summed E-state index contributed by atoms with van der Waals surface area (Å²) in [5.74, 6) is -1.56. The molecule has 1 aliphatic heterocycles. The molecule has 1 saturated carbocycles. The van der Waals surface area contributed by atoms with Crippen LogP contribution in [-0.2, 0) is 25.7 Å². The summed E-state index contributed by atoms with van der Waals surface area (Å²) in [7, 11) is 0. The number of likely N-dealkylation sites (N-methyl/N-ethyl adjacent to an activating group) is 1. The fraction of sp³-hybridized carbons (Fsp3) is 0.583. The molecule has 0 aromatic heterocycles. The number of hydrogen-bond acceptors (Lipinski definition) is 5. The number of nitrogens with one attached hydrogen (secondary N) is 1. The molecular formula is C24H32FN3O4S. The standard InChI is InChI=1S/C24H32FN3O4S/c1-3-27(15-21(29)26-14-16-8-10-17(25)11-9-16)24(32)20(12-13-33-2)28-22(30)18-6-4-5-7-19(18)23(28)31/h8-11,18-20H,3-7,12-15H2,1-2H3,(H,26,29). The maximum Gasteiger partial charge on any atom is 0.246 e. The Morgan fingerprint density at radius 1 is 1.15 bits per heavy atom. The first-order chi connectivity index (χ1) is 15.9. The molecule has 0 bridgehead atoms. The quantitative estimate of drug-likeness (QED) is 0.524. The van der Waals surface area contributed by atoms with E-state index in [0.29, 0.717) is 25.0 Å². The third-order valence-corrected chi connectivity index (χ3v) is 7.14. The van der Waals surface area contributed by atoms with Crippen molar-refractivity contribution in [3.63, 3.8) is 0 Å². The molecule has 4 amide bonds. The van der Waals surface area contributed by atoms with Gasteiger partial charge in [0.15, 0.2) is 0 Å². The van der Waals surface area contributed by atoms with Crippen LogP contribution in [0.25, 0.3) is 0 Å². The minimum Gasteiger partial charge on any atom is -0.350 e. The van der Waals surface area contributed by atoms with Gasteiger partial charge >= 0.3 is 0 Å². The Kier molecular flexibility index (Phi) is 8.88. The van der Waals surface area contributed by atoms with Crippen molar-refractivity contribution < 1.29 is 23.6 Å². The van der Waals surface area contributed by atoms with Crippen LogP contribution >= 0.6 is 11.8 Å². The van der Waals surface area contributed by atoms with Crippen LogP contribution in [0.1, 0.15) is 44.6 Å². The van der Waals surface area contributed by atoms with Crippen LogP contribution in [-0.4, -0.2) is 64.6 Å². The van der Waals surface area contributed by atoms with Crippen LogP contribution in [0.15, 0.2) is 24.3 Å². The predicted molar refractivity (Wildman–Crippen MR) is 125 cm³/mol. The van der Waals surface area contributed by atoms with Crippen LogP contribution in [0, 0.1) is 17.7 Å². The maximum atomic E-state index is 13.5. The molecule has 3 rings (SSSR count). The minimum atomic E-state index is -0.882. The number of likely N-dealkylation sites (tertiary alicyclic amines) is 1. The van der Waals surface area contributed by atoms with Crippen molar-refractivity contribution in [2.45, 2.75) is 51.6 Å². The molecule has 1 aromatic rings. The van der Waals surface area contributed by atoms with Crippen molar-refractivity contribution in [3.05, 3.63) is 35.6 Å². The Morgan fingerprint density at radius 3 is 2.30 bits per heavy atom. The Bertz CT molecular complexity index is 855. The van der Waals surface area contributed by atoms with Crippen molar-refractivity contribution in [2.75, 3.05) is 25.1 Å². The molecule has 0 radical (unpaired) electrons. The molecular weight excluding hydrogens is 445 g/mol. The summed E-state index contributed by atoms with van der Waals surface area (Å²) in [5.41, 5.74) is 0.743. The van der Waals surface area contributed by atoms with Gasteiger partial charge in [-0.2, -0.15) is 11.8 Å². The lowest BCUT2D eigenvalue weighted by Crippen LogP contribution is -2.53. The fourth-order valence-corrected chi connectivity index (χ4v) is 5.14. The maximum absolute atomic E-state index is 13.5. The number of hydrogen-bond donors (Lipinski definition) is 1. The number of rotatable bonds is 10. The number of nitrogens with zero attached hydrogens (tertiary/aromatic N) is 2. The fourth-order valence-electron chi connectivity index (χ4n) is 4.68. The van der Waals surface area contributed by atoms with Crippen LogP contribution in [0.2, 0.25) is 0 Å². The lowest BCUT2D eigenvalue weighted by Gasteiger charge is -2.31. The summed E-state index contributed by atoms with van der Waals surface area (Å²) in [6, 6.07) is 4.93. The Labute approximate surface area is 198 Å². The summed E-state index contributed by atoms with van der Waals surface area (Å²) in [4.78, 5) is 54.8. The largest absolute Gasteiger partial charge is 0.350 e. The van der Waals surface area contributed by atoms with Crippen LogP contribution < -0.4 is 5.32 Å². The lowest BCUT2D eigenvalue weighted by molar-refractivity contribution is -0.152. The van der Waals surface area contributed by atoms with Gasteiger partial charge in [-0.25, -0.2) is 4.39 Å². The molecule has 3 unspecified atom stereocenters. The van der Waals surface area contributed by atoms with Gasteiger partial charge in [-0.15, -0.1) is 0 Å². The molecule has 33 heavy (non-hydrogen) atoms. The van der Waals surface area contributed by atoms with E-state index in [4.69, 9.17) is 0 Å². The van der Waals surface area contributed by atoms with Crippen LogP contribution in [0.3, 0.4) is 0 Å². The van der Waals surface area contributed by atoms with Crippen molar-refractivity contribution in [2.24, 2.45) is 11.8 Å². The minimum absolute atomic E-state index is 0.171. The van der Waals surface area contributed by atoms with Gasteiger partial charge < -0.3 is 10.2 Å². The van der Waals surface area contributed by atoms with Gasteiger partial charge in [0.25, 0.3) is 0 Å². The third kappa shape index (κ3) is 5.93. The second kappa shape index (κ2) is 11.6. The van der Waals surface area contributed by atoms with Gasteiger partial charge in [-0.05, 0) is 55.9 Å². The molecule has 1 aliphatic carbocycles. The summed E-state index contributed by atoms with van der Waals surface area (Å²) in [5, 5.41) is 2.74. The average molecular weight is 478 g/mol. The summed E-state index contributed by atoms with van der Waals surface area (Å²) in [6.07, 6.45) is 5.51. The Balaban J connectivity index is 1.68. The smallest absolute Gasteiger partial charge is 0.246 e. The molecule has 3 atom stereocenters. The number of thioether (sulfide) groups is 1. The highest BCUT2D eigenvalue weighted by molar-refractivity contribution is 7.98. The van der Waals surface area contributed by atoms with E-state index < -0.39 is 6.04 Å². The molecule has 1 saturated heterocycles. The van der Waals surface area contributed by atoms with Gasteiger partial charge in [0.1, 0.15) is 11.9 Å². The van der Waals surface area contributed by atoms with E-state index >= 15 is 0 Å². The number of benzene rings is 1. The molecule has 0 spiro atoms. The van der Waals surface area contributed by atoms with E-state index in [1.54, 1.807) is 30.8 Å². The van der Waals surface area contributed by atoms with Crippen molar-refractivity contribution in [1.29, 1.82) is 0 Å². The molecule has 1 aromatic carbocycles. The first kappa shape index (κ1) is 25.2. The molecule has 2 fully saturated rings. The number of imide groups is 1. The Morgan fingerprint density at radius 2 is 1.76 bits per heavy atom. The van der Waals surface area contributed by atoms with Gasteiger partial charge in [0.05, 0.1) is 18.4 Å². The highest BCUT2D eigenvalue weighted by atomic mass is 32.2.